The van der Waals surface area contributed by atoms with Crippen molar-refractivity contribution < 1.29 is 13.2 Å². The maximum atomic E-state index is 12.9. The highest BCUT2D eigenvalue weighted by Gasteiger charge is 2.51. The Labute approximate surface area is 86.5 Å². The van der Waals surface area contributed by atoms with E-state index in [-0.39, 0.29) is 12.1 Å². The van der Waals surface area contributed by atoms with Gasteiger partial charge in [-0.25, -0.2) is 0 Å². The van der Waals surface area contributed by atoms with Crippen LogP contribution < -0.4 is 5.32 Å². The van der Waals surface area contributed by atoms with Crippen molar-refractivity contribution in [1.82, 2.24) is 10.3 Å². The zero-order chi connectivity index (χ0) is 11.5. The smallest absolute Gasteiger partial charge is 0.300 e. The monoisotopic (exact) mass is 218 g/mol. The summed E-state index contributed by atoms with van der Waals surface area (Å²) in [6.07, 6.45) is -1.66. The lowest BCUT2D eigenvalue weighted by Gasteiger charge is -2.32. The number of nitrogens with zero attached hydrogens (tertiary/aromatic N) is 1. The number of alkyl halides is 3. The summed E-state index contributed by atoms with van der Waals surface area (Å²) in [5, 5.41) is 2.45. The normalized spacial score (nSPS) is 16.1. The van der Waals surface area contributed by atoms with Crippen LogP contribution in [0.4, 0.5) is 13.2 Å². The van der Waals surface area contributed by atoms with Crippen LogP contribution in [0.1, 0.15) is 19.4 Å². The van der Waals surface area contributed by atoms with Gasteiger partial charge in [0.2, 0.25) is 0 Å². The van der Waals surface area contributed by atoms with E-state index in [1.165, 1.54) is 24.5 Å². The van der Waals surface area contributed by atoms with Crippen molar-refractivity contribution in [2.75, 3.05) is 6.54 Å². The second-order valence-corrected chi connectivity index (χ2v) is 3.39. The molecular formula is C10H13F3N2. The van der Waals surface area contributed by atoms with Crippen molar-refractivity contribution in [3.05, 3.63) is 30.1 Å². The molecule has 1 heterocycles. The maximum absolute atomic E-state index is 12.9. The zero-order valence-electron chi connectivity index (χ0n) is 8.60. The first-order valence-electron chi connectivity index (χ1n) is 4.64. The summed E-state index contributed by atoms with van der Waals surface area (Å²) in [5.41, 5.74) is -1.91. The lowest BCUT2D eigenvalue weighted by atomic mass is 9.92. The van der Waals surface area contributed by atoms with E-state index in [1.54, 1.807) is 6.92 Å². The minimum Gasteiger partial charge on any atom is -0.300 e. The number of pyridine rings is 1. The average Bonchev–Trinajstić information content (AvgIpc) is 2.18. The Bertz CT molecular complexity index is 310. The predicted octanol–water partition coefficient (Wildman–Crippen LogP) is 2.47. The summed E-state index contributed by atoms with van der Waals surface area (Å²) in [4.78, 5) is 3.71. The second-order valence-electron chi connectivity index (χ2n) is 3.39. The molecule has 0 aliphatic carbocycles. The molecule has 0 aliphatic heterocycles. The van der Waals surface area contributed by atoms with E-state index in [9.17, 15) is 13.2 Å². The summed E-state index contributed by atoms with van der Waals surface area (Å²) >= 11 is 0. The molecule has 0 aliphatic rings. The van der Waals surface area contributed by atoms with E-state index >= 15 is 0 Å². The number of rotatable bonds is 3. The molecule has 1 rings (SSSR count). The van der Waals surface area contributed by atoms with Crippen LogP contribution in [0.15, 0.2) is 24.5 Å². The summed E-state index contributed by atoms with van der Waals surface area (Å²) < 4.78 is 38.7. The van der Waals surface area contributed by atoms with E-state index in [0.717, 1.165) is 6.92 Å². The van der Waals surface area contributed by atoms with Gasteiger partial charge in [0.25, 0.3) is 0 Å². The third kappa shape index (κ3) is 2.28. The molecule has 84 valence electrons. The molecule has 1 unspecified atom stereocenters. The highest BCUT2D eigenvalue weighted by molar-refractivity contribution is 5.22. The van der Waals surface area contributed by atoms with Gasteiger partial charge < -0.3 is 5.32 Å². The lowest BCUT2D eigenvalue weighted by molar-refractivity contribution is -0.195. The molecule has 1 atom stereocenters. The zero-order valence-corrected chi connectivity index (χ0v) is 8.60. The van der Waals surface area contributed by atoms with Crippen LogP contribution in [0.2, 0.25) is 0 Å². The first-order valence-corrected chi connectivity index (χ1v) is 4.64. The van der Waals surface area contributed by atoms with Crippen LogP contribution in [0.3, 0.4) is 0 Å². The van der Waals surface area contributed by atoms with Crippen molar-refractivity contribution in [2.45, 2.75) is 25.6 Å². The van der Waals surface area contributed by atoms with Gasteiger partial charge in [-0.1, -0.05) is 13.0 Å². The lowest BCUT2D eigenvalue weighted by Crippen LogP contribution is -2.51. The molecule has 0 saturated heterocycles. The highest BCUT2D eigenvalue weighted by atomic mass is 19.4. The Morgan fingerprint density at radius 2 is 2.07 bits per heavy atom. The van der Waals surface area contributed by atoms with E-state index < -0.39 is 11.7 Å². The molecule has 1 aromatic heterocycles. The maximum Gasteiger partial charge on any atom is 0.410 e. The first kappa shape index (κ1) is 12.0. The van der Waals surface area contributed by atoms with E-state index in [0.29, 0.717) is 0 Å². The highest BCUT2D eigenvalue weighted by Crippen LogP contribution is 2.37. The van der Waals surface area contributed by atoms with Gasteiger partial charge in [0.15, 0.2) is 0 Å². The van der Waals surface area contributed by atoms with Gasteiger partial charge in [-0.15, -0.1) is 0 Å². The van der Waals surface area contributed by atoms with Crippen LogP contribution >= 0.6 is 0 Å². The Morgan fingerprint density at radius 1 is 1.40 bits per heavy atom. The molecule has 0 saturated carbocycles. The fourth-order valence-corrected chi connectivity index (χ4v) is 1.38. The summed E-state index contributed by atoms with van der Waals surface area (Å²) in [6, 6.07) is 2.92. The largest absolute Gasteiger partial charge is 0.410 e. The molecule has 0 spiro atoms. The fraction of sp³-hybridized carbons (Fsp3) is 0.500. The molecule has 2 nitrogen and oxygen atoms in total. The molecule has 1 aromatic rings. The minimum atomic E-state index is -4.34. The molecule has 0 radical (unpaired) electrons. The van der Waals surface area contributed by atoms with Crippen molar-refractivity contribution >= 4 is 0 Å². The van der Waals surface area contributed by atoms with Crippen LogP contribution in [0.25, 0.3) is 0 Å². The average molecular weight is 218 g/mol. The van der Waals surface area contributed by atoms with Crippen LogP contribution in [-0.4, -0.2) is 17.7 Å². The molecular weight excluding hydrogens is 205 g/mol. The number of nitrogens with one attached hydrogen (secondary N) is 1. The van der Waals surface area contributed by atoms with Gasteiger partial charge >= 0.3 is 6.18 Å². The number of hydrogen-bond donors (Lipinski definition) is 1. The van der Waals surface area contributed by atoms with Gasteiger partial charge in [-0.2, -0.15) is 13.2 Å². The molecule has 15 heavy (non-hydrogen) atoms. The Balaban J connectivity index is 3.13. The fourth-order valence-electron chi connectivity index (χ4n) is 1.38. The van der Waals surface area contributed by atoms with Crippen LogP contribution in [-0.2, 0) is 5.54 Å². The third-order valence-electron chi connectivity index (χ3n) is 2.34. The quantitative estimate of drug-likeness (QED) is 0.843. The predicted molar refractivity (Wildman–Crippen MR) is 51.3 cm³/mol. The summed E-state index contributed by atoms with van der Waals surface area (Å²) in [6.45, 7) is 3.00. The first-order chi connectivity index (χ1) is 6.92. The molecule has 1 N–H and O–H groups in total. The van der Waals surface area contributed by atoms with Crippen LogP contribution in [0.5, 0.6) is 0 Å². The molecule has 0 amide bonds. The Kier molecular flexibility index (Phi) is 3.34. The van der Waals surface area contributed by atoms with Crippen LogP contribution in [0, 0.1) is 0 Å². The second kappa shape index (κ2) is 4.18. The van der Waals surface area contributed by atoms with Crippen molar-refractivity contribution in [3.63, 3.8) is 0 Å². The Morgan fingerprint density at radius 3 is 2.47 bits per heavy atom. The van der Waals surface area contributed by atoms with E-state index in [1.807, 2.05) is 0 Å². The topological polar surface area (TPSA) is 24.9 Å². The summed E-state index contributed by atoms with van der Waals surface area (Å²) in [7, 11) is 0. The summed E-state index contributed by atoms with van der Waals surface area (Å²) in [5.74, 6) is 0. The SMILES string of the molecule is CCNC(C)(c1cccnc1)C(F)(F)F. The minimum absolute atomic E-state index is 0.124. The van der Waals surface area contributed by atoms with Gasteiger partial charge in [-0.3, -0.25) is 4.98 Å². The Hall–Kier alpha value is -1.10. The van der Waals surface area contributed by atoms with Gasteiger partial charge in [0.05, 0.1) is 0 Å². The van der Waals surface area contributed by atoms with E-state index in [4.69, 9.17) is 0 Å². The number of aromatic nitrogens is 1. The molecule has 0 aromatic carbocycles. The van der Waals surface area contributed by atoms with Crippen molar-refractivity contribution in [3.8, 4) is 0 Å². The standard InChI is InChI=1S/C10H13F3N2/c1-3-15-9(2,10(11,12)13)8-5-4-6-14-7-8/h4-7,15H,3H2,1-2H3. The molecule has 0 bridgehead atoms. The molecule has 0 fully saturated rings. The van der Waals surface area contributed by atoms with Gasteiger partial charge in [-0.05, 0) is 25.1 Å². The van der Waals surface area contributed by atoms with Gasteiger partial charge in [0, 0.05) is 12.4 Å². The van der Waals surface area contributed by atoms with Gasteiger partial charge in [0.1, 0.15) is 5.54 Å². The van der Waals surface area contributed by atoms with Crippen molar-refractivity contribution in [2.24, 2.45) is 0 Å². The van der Waals surface area contributed by atoms with Crippen molar-refractivity contribution in [1.29, 1.82) is 0 Å². The number of halogens is 3. The molecule has 5 heteroatoms. The number of hydrogen-bond acceptors (Lipinski definition) is 2. The van der Waals surface area contributed by atoms with E-state index in [2.05, 4.69) is 10.3 Å². The third-order valence-corrected chi connectivity index (χ3v) is 2.34.